The van der Waals surface area contributed by atoms with Gasteiger partial charge in [0.25, 0.3) is 0 Å². The maximum absolute atomic E-state index is 5.28. The Bertz CT molecular complexity index is 2720. The van der Waals surface area contributed by atoms with Gasteiger partial charge < -0.3 is 0 Å². The van der Waals surface area contributed by atoms with E-state index < -0.39 is 0 Å². The third kappa shape index (κ3) is 4.50. The molecule has 0 bridgehead atoms. The van der Waals surface area contributed by atoms with Crippen LogP contribution in [0, 0.1) is 0 Å². The fraction of sp³-hybridized carbons (Fsp3) is 0. The molecule has 4 heterocycles. The van der Waals surface area contributed by atoms with Gasteiger partial charge in [-0.05, 0) is 68.7 Å². The number of pyridine rings is 2. The third-order valence-electron chi connectivity index (χ3n) is 9.37. The van der Waals surface area contributed by atoms with Crippen LogP contribution in [0.1, 0.15) is 0 Å². The highest BCUT2D eigenvalue weighted by molar-refractivity contribution is 6.26. The summed E-state index contributed by atoms with van der Waals surface area (Å²) < 4.78 is 0. The Morgan fingerprint density at radius 2 is 0.680 bits per heavy atom. The molecule has 0 aliphatic heterocycles. The van der Waals surface area contributed by atoms with Crippen LogP contribution in [0.5, 0.6) is 0 Å². The highest BCUT2D eigenvalue weighted by Crippen LogP contribution is 2.45. The monoisotopic (exact) mass is 638 g/mol. The van der Waals surface area contributed by atoms with Crippen LogP contribution in [-0.2, 0) is 0 Å². The summed E-state index contributed by atoms with van der Waals surface area (Å²) in [5, 5.41) is 6.96. The van der Waals surface area contributed by atoms with Crippen molar-refractivity contribution in [1.82, 2.24) is 29.9 Å². The highest BCUT2D eigenvalue weighted by Gasteiger charge is 2.24. The SMILES string of the molecule is c1ccc(-c2nc3cccnc3nc2-c2cc3c4ccccc4c4ccccc4c3cc2-c2nc3ncccc3nc2-c2ccccc2)cc1. The fourth-order valence-corrected chi connectivity index (χ4v) is 7.10. The second-order valence-corrected chi connectivity index (χ2v) is 12.3. The summed E-state index contributed by atoms with van der Waals surface area (Å²) in [7, 11) is 0. The molecule has 0 amide bonds. The van der Waals surface area contributed by atoms with E-state index in [2.05, 4.69) is 94.9 Å². The number of hydrogen-bond acceptors (Lipinski definition) is 6. The molecule has 50 heavy (non-hydrogen) atoms. The molecular weight excluding hydrogens is 613 g/mol. The molecule has 0 saturated heterocycles. The van der Waals surface area contributed by atoms with Crippen LogP contribution in [0.4, 0.5) is 0 Å². The minimum atomic E-state index is 0.575. The number of nitrogens with zero attached hydrogens (tertiary/aromatic N) is 6. The second-order valence-electron chi connectivity index (χ2n) is 12.3. The standard InChI is InChI=1S/C44H26N6/c1-3-13-27(14-4-1)39-41(49-43-37(47-39)21-11-23-45-43)35-25-33-31-19-9-7-17-29(31)30-18-8-10-20-32(30)34(33)26-36(35)42-40(28-15-5-2-6-16-28)48-38-22-12-24-46-44(38)50-42/h1-26H. The molecule has 0 saturated carbocycles. The summed E-state index contributed by atoms with van der Waals surface area (Å²) in [6, 6.07) is 49.9. The fourth-order valence-electron chi connectivity index (χ4n) is 7.10. The normalized spacial score (nSPS) is 11.6. The van der Waals surface area contributed by atoms with Gasteiger partial charge in [0.1, 0.15) is 11.0 Å². The molecule has 6 nitrogen and oxygen atoms in total. The maximum atomic E-state index is 5.28. The van der Waals surface area contributed by atoms with Crippen LogP contribution in [0.3, 0.4) is 0 Å². The smallest absolute Gasteiger partial charge is 0.178 e. The van der Waals surface area contributed by atoms with E-state index in [4.69, 9.17) is 19.9 Å². The minimum Gasteiger partial charge on any atom is -0.242 e. The molecule has 6 heteroatoms. The van der Waals surface area contributed by atoms with E-state index in [1.807, 2.05) is 60.7 Å². The van der Waals surface area contributed by atoms with E-state index in [9.17, 15) is 0 Å². The molecule has 10 aromatic rings. The van der Waals surface area contributed by atoms with E-state index in [0.29, 0.717) is 11.3 Å². The Morgan fingerprint density at radius 1 is 0.300 bits per heavy atom. The van der Waals surface area contributed by atoms with E-state index in [1.54, 1.807) is 12.4 Å². The van der Waals surface area contributed by atoms with Crippen LogP contribution in [-0.4, -0.2) is 29.9 Å². The van der Waals surface area contributed by atoms with Gasteiger partial charge in [-0.15, -0.1) is 0 Å². The van der Waals surface area contributed by atoms with Crippen molar-refractivity contribution < 1.29 is 0 Å². The van der Waals surface area contributed by atoms with Gasteiger partial charge in [-0.3, -0.25) is 0 Å². The molecule has 10 rings (SSSR count). The molecule has 0 atom stereocenters. The van der Waals surface area contributed by atoms with Crippen molar-refractivity contribution in [3.05, 3.63) is 158 Å². The number of hydrogen-bond donors (Lipinski definition) is 0. The first-order valence-electron chi connectivity index (χ1n) is 16.5. The predicted molar refractivity (Wildman–Crippen MR) is 202 cm³/mol. The lowest BCUT2D eigenvalue weighted by atomic mass is 9.88. The van der Waals surface area contributed by atoms with Gasteiger partial charge in [0.2, 0.25) is 0 Å². The summed E-state index contributed by atoms with van der Waals surface area (Å²) in [6.45, 7) is 0. The van der Waals surface area contributed by atoms with Crippen molar-refractivity contribution in [2.45, 2.75) is 0 Å². The van der Waals surface area contributed by atoms with Crippen LogP contribution in [0.15, 0.2) is 158 Å². The van der Waals surface area contributed by atoms with Crippen LogP contribution in [0.2, 0.25) is 0 Å². The van der Waals surface area contributed by atoms with E-state index >= 15 is 0 Å². The van der Waals surface area contributed by atoms with E-state index in [0.717, 1.165) is 77.6 Å². The Morgan fingerprint density at radius 3 is 1.10 bits per heavy atom. The molecule has 232 valence electrons. The Hall–Kier alpha value is -6.92. The minimum absolute atomic E-state index is 0.575. The van der Waals surface area contributed by atoms with E-state index in [-0.39, 0.29) is 0 Å². The first kappa shape index (κ1) is 28.1. The van der Waals surface area contributed by atoms with Gasteiger partial charge in [0, 0.05) is 34.6 Å². The number of aromatic nitrogens is 6. The first-order valence-corrected chi connectivity index (χ1v) is 16.5. The molecule has 6 aromatic carbocycles. The second kappa shape index (κ2) is 11.4. The Kier molecular flexibility index (Phi) is 6.39. The first-order chi connectivity index (χ1) is 24.8. The lowest BCUT2D eigenvalue weighted by molar-refractivity contribution is 1.22. The average molecular weight is 639 g/mol. The summed E-state index contributed by atoms with van der Waals surface area (Å²) in [6.07, 6.45) is 3.52. The third-order valence-corrected chi connectivity index (χ3v) is 9.37. The molecule has 0 spiro atoms. The molecule has 0 aliphatic carbocycles. The van der Waals surface area contributed by atoms with Gasteiger partial charge >= 0.3 is 0 Å². The summed E-state index contributed by atoms with van der Waals surface area (Å²) in [4.78, 5) is 30.3. The van der Waals surface area contributed by atoms with Crippen LogP contribution < -0.4 is 0 Å². The molecule has 4 aromatic heterocycles. The van der Waals surface area contributed by atoms with Gasteiger partial charge in [-0.25, -0.2) is 29.9 Å². The molecule has 0 fully saturated rings. The van der Waals surface area contributed by atoms with E-state index in [1.165, 1.54) is 10.8 Å². The molecule has 0 aliphatic rings. The highest BCUT2D eigenvalue weighted by atomic mass is 14.9. The Balaban J connectivity index is 1.42. The number of fused-ring (bicyclic) bond motifs is 8. The average Bonchev–Trinajstić information content (AvgIpc) is 3.20. The maximum Gasteiger partial charge on any atom is 0.178 e. The van der Waals surface area contributed by atoms with Gasteiger partial charge in [-0.1, -0.05) is 109 Å². The van der Waals surface area contributed by atoms with Crippen molar-refractivity contribution in [2.24, 2.45) is 0 Å². The Labute approximate surface area is 286 Å². The van der Waals surface area contributed by atoms with Gasteiger partial charge in [0.05, 0.1) is 22.8 Å². The van der Waals surface area contributed by atoms with Crippen molar-refractivity contribution in [2.75, 3.05) is 0 Å². The van der Waals surface area contributed by atoms with Gasteiger partial charge in [0.15, 0.2) is 11.3 Å². The van der Waals surface area contributed by atoms with Crippen LogP contribution >= 0.6 is 0 Å². The molecule has 0 N–H and O–H groups in total. The summed E-state index contributed by atoms with van der Waals surface area (Å²) in [5.41, 5.74) is 9.29. The molecular formula is C44H26N6. The van der Waals surface area contributed by atoms with Crippen molar-refractivity contribution in [3.63, 3.8) is 0 Å². The van der Waals surface area contributed by atoms with Crippen LogP contribution in [0.25, 0.3) is 99.7 Å². The molecule has 0 unspecified atom stereocenters. The zero-order valence-electron chi connectivity index (χ0n) is 26.7. The summed E-state index contributed by atoms with van der Waals surface area (Å²) in [5.74, 6) is 0. The topological polar surface area (TPSA) is 77.3 Å². The quantitative estimate of drug-likeness (QED) is 0.179. The number of benzene rings is 6. The van der Waals surface area contributed by atoms with Gasteiger partial charge in [-0.2, -0.15) is 0 Å². The summed E-state index contributed by atoms with van der Waals surface area (Å²) >= 11 is 0. The largest absolute Gasteiger partial charge is 0.242 e. The van der Waals surface area contributed by atoms with Crippen molar-refractivity contribution in [1.29, 1.82) is 0 Å². The predicted octanol–water partition coefficient (Wildman–Crippen LogP) is 10.5. The lowest BCUT2D eigenvalue weighted by Crippen LogP contribution is -2.02. The van der Waals surface area contributed by atoms with Crippen molar-refractivity contribution in [3.8, 4) is 45.0 Å². The zero-order chi connectivity index (χ0) is 33.0. The van der Waals surface area contributed by atoms with Crippen molar-refractivity contribution >= 4 is 54.6 Å². The lowest BCUT2D eigenvalue weighted by Gasteiger charge is -2.19. The zero-order valence-corrected chi connectivity index (χ0v) is 26.7. The molecule has 0 radical (unpaired) electrons. The number of rotatable bonds is 4.